The molecule has 1 aliphatic rings. The molecule has 1 N–H and O–H groups in total. The van der Waals surface area contributed by atoms with Crippen molar-refractivity contribution in [1.29, 1.82) is 0 Å². The van der Waals surface area contributed by atoms with E-state index in [9.17, 15) is 4.79 Å². The van der Waals surface area contributed by atoms with Crippen LogP contribution in [0.1, 0.15) is 40.5 Å². The topological polar surface area (TPSA) is 46.5 Å². The normalized spacial score (nSPS) is 20.7. The molecule has 1 atom stereocenters. The van der Waals surface area contributed by atoms with E-state index in [-0.39, 0.29) is 0 Å². The standard InChI is InChI=1S/C7H12O.C5H8O2/c1-6-3-4-7(2)8-5-6;1-3-4(2)5(6)7/h5,7H,3-4H2,1-2H3;3H,1-2H3,(H,6,7)/b;4-3+. The van der Waals surface area contributed by atoms with Gasteiger partial charge in [0.1, 0.15) is 0 Å². The second kappa shape index (κ2) is 7.10. The van der Waals surface area contributed by atoms with Crippen LogP contribution in [-0.4, -0.2) is 17.2 Å². The fourth-order valence-electron chi connectivity index (χ4n) is 0.914. The molecule has 1 heterocycles. The molecule has 3 heteroatoms. The van der Waals surface area contributed by atoms with E-state index in [4.69, 9.17) is 9.84 Å². The number of hydrogen-bond acceptors (Lipinski definition) is 2. The Kier molecular flexibility index (Phi) is 6.50. The number of carboxylic acid groups (broad SMARTS) is 1. The molecule has 3 nitrogen and oxygen atoms in total. The van der Waals surface area contributed by atoms with Crippen molar-refractivity contribution < 1.29 is 14.6 Å². The lowest BCUT2D eigenvalue weighted by Gasteiger charge is -2.16. The summed E-state index contributed by atoms with van der Waals surface area (Å²) < 4.78 is 5.23. The lowest BCUT2D eigenvalue weighted by Crippen LogP contribution is -2.08. The van der Waals surface area contributed by atoms with Crippen LogP contribution in [0.25, 0.3) is 0 Å². The number of ether oxygens (including phenoxy) is 1. The molecule has 0 aromatic carbocycles. The highest BCUT2D eigenvalue weighted by atomic mass is 16.5. The van der Waals surface area contributed by atoms with Crippen LogP contribution < -0.4 is 0 Å². The van der Waals surface area contributed by atoms with Crippen molar-refractivity contribution in [2.24, 2.45) is 0 Å². The molecule has 0 spiro atoms. The molecule has 15 heavy (non-hydrogen) atoms. The monoisotopic (exact) mass is 212 g/mol. The Hall–Kier alpha value is -1.25. The Morgan fingerprint density at radius 1 is 1.67 bits per heavy atom. The number of allylic oxidation sites excluding steroid dienone is 2. The highest BCUT2D eigenvalue weighted by Crippen LogP contribution is 2.15. The minimum atomic E-state index is -0.845. The third-order valence-electron chi connectivity index (χ3n) is 2.22. The summed E-state index contributed by atoms with van der Waals surface area (Å²) in [6.45, 7) is 7.46. The molecule has 0 aliphatic carbocycles. The fourth-order valence-corrected chi connectivity index (χ4v) is 0.914. The zero-order chi connectivity index (χ0) is 11.8. The highest BCUT2D eigenvalue weighted by molar-refractivity contribution is 5.85. The van der Waals surface area contributed by atoms with Gasteiger partial charge in [-0.2, -0.15) is 0 Å². The largest absolute Gasteiger partial charge is 0.498 e. The maximum absolute atomic E-state index is 9.86. The summed E-state index contributed by atoms with van der Waals surface area (Å²) in [5.74, 6) is -0.845. The summed E-state index contributed by atoms with van der Waals surface area (Å²) >= 11 is 0. The van der Waals surface area contributed by atoms with E-state index in [0.717, 1.165) is 0 Å². The Bertz CT molecular complexity index is 264. The van der Waals surface area contributed by atoms with Gasteiger partial charge >= 0.3 is 5.97 Å². The highest BCUT2D eigenvalue weighted by Gasteiger charge is 2.05. The van der Waals surface area contributed by atoms with Gasteiger partial charge in [0.05, 0.1) is 12.4 Å². The number of carboxylic acids is 1. The van der Waals surface area contributed by atoms with Crippen molar-refractivity contribution in [2.75, 3.05) is 0 Å². The Balaban J connectivity index is 0.000000265. The summed E-state index contributed by atoms with van der Waals surface area (Å²) in [7, 11) is 0. The number of aliphatic carboxylic acids is 1. The SMILES string of the molecule is C/C=C(\C)C(=O)O.CC1=COC(C)CC1. The zero-order valence-corrected chi connectivity index (χ0v) is 9.91. The predicted octanol–water partition coefficient (Wildman–Crippen LogP) is 3.13. The van der Waals surface area contributed by atoms with Crippen molar-refractivity contribution in [3.63, 3.8) is 0 Å². The molecule has 0 fully saturated rings. The minimum absolute atomic E-state index is 0.389. The van der Waals surface area contributed by atoms with Gasteiger partial charge in [-0.3, -0.25) is 0 Å². The Morgan fingerprint density at radius 3 is 2.47 bits per heavy atom. The third kappa shape index (κ3) is 6.77. The number of carbonyl (C=O) groups is 1. The molecule has 1 rings (SSSR count). The van der Waals surface area contributed by atoms with Crippen LogP contribution in [0.2, 0.25) is 0 Å². The first-order chi connectivity index (χ1) is 6.97. The molecular formula is C12H20O3. The van der Waals surface area contributed by atoms with Gasteiger partial charge in [0.15, 0.2) is 0 Å². The van der Waals surface area contributed by atoms with E-state index in [1.165, 1.54) is 18.4 Å². The fraction of sp³-hybridized carbons (Fsp3) is 0.583. The lowest BCUT2D eigenvalue weighted by atomic mass is 10.1. The number of hydrogen-bond donors (Lipinski definition) is 1. The maximum Gasteiger partial charge on any atom is 0.330 e. The van der Waals surface area contributed by atoms with E-state index in [1.54, 1.807) is 19.9 Å². The predicted molar refractivity (Wildman–Crippen MR) is 60.6 cm³/mol. The molecule has 0 aromatic heterocycles. The second-order valence-corrected chi connectivity index (χ2v) is 3.73. The first kappa shape index (κ1) is 13.8. The smallest absolute Gasteiger partial charge is 0.330 e. The Morgan fingerprint density at radius 2 is 2.27 bits per heavy atom. The van der Waals surface area contributed by atoms with Gasteiger partial charge in [-0.1, -0.05) is 6.08 Å². The summed E-state index contributed by atoms with van der Waals surface area (Å²) in [6.07, 6.45) is 6.26. The van der Waals surface area contributed by atoms with Crippen LogP contribution in [0, 0.1) is 0 Å². The van der Waals surface area contributed by atoms with E-state index < -0.39 is 5.97 Å². The molecule has 0 aromatic rings. The molecule has 86 valence electrons. The zero-order valence-electron chi connectivity index (χ0n) is 9.91. The van der Waals surface area contributed by atoms with Crippen molar-refractivity contribution in [3.05, 3.63) is 23.5 Å². The average molecular weight is 212 g/mol. The van der Waals surface area contributed by atoms with Gasteiger partial charge in [0.25, 0.3) is 0 Å². The van der Waals surface area contributed by atoms with Crippen LogP contribution in [-0.2, 0) is 9.53 Å². The summed E-state index contributed by atoms with van der Waals surface area (Å²) in [4.78, 5) is 9.86. The number of rotatable bonds is 1. The molecule has 0 radical (unpaired) electrons. The van der Waals surface area contributed by atoms with Crippen molar-refractivity contribution in [2.45, 2.75) is 46.6 Å². The van der Waals surface area contributed by atoms with Crippen LogP contribution >= 0.6 is 0 Å². The van der Waals surface area contributed by atoms with E-state index >= 15 is 0 Å². The molecule has 0 saturated heterocycles. The second-order valence-electron chi connectivity index (χ2n) is 3.73. The molecule has 0 saturated carbocycles. The van der Waals surface area contributed by atoms with Gasteiger partial charge in [-0.05, 0) is 46.1 Å². The van der Waals surface area contributed by atoms with Crippen LogP contribution in [0.4, 0.5) is 0 Å². The summed E-state index contributed by atoms with van der Waals surface area (Å²) in [5.41, 5.74) is 1.75. The summed E-state index contributed by atoms with van der Waals surface area (Å²) in [5, 5.41) is 8.11. The third-order valence-corrected chi connectivity index (χ3v) is 2.22. The van der Waals surface area contributed by atoms with Gasteiger partial charge in [0, 0.05) is 5.57 Å². The molecular weight excluding hydrogens is 192 g/mol. The van der Waals surface area contributed by atoms with Crippen molar-refractivity contribution in [1.82, 2.24) is 0 Å². The van der Waals surface area contributed by atoms with E-state index in [1.807, 2.05) is 6.26 Å². The van der Waals surface area contributed by atoms with Crippen LogP contribution in [0.3, 0.4) is 0 Å². The van der Waals surface area contributed by atoms with Crippen LogP contribution in [0.5, 0.6) is 0 Å². The van der Waals surface area contributed by atoms with E-state index in [0.29, 0.717) is 11.7 Å². The van der Waals surface area contributed by atoms with Gasteiger partial charge in [0.2, 0.25) is 0 Å². The first-order valence-electron chi connectivity index (χ1n) is 5.14. The molecule has 0 amide bonds. The van der Waals surface area contributed by atoms with Crippen LogP contribution in [0.15, 0.2) is 23.5 Å². The van der Waals surface area contributed by atoms with E-state index in [2.05, 4.69) is 13.8 Å². The van der Waals surface area contributed by atoms with Crippen molar-refractivity contribution >= 4 is 5.97 Å². The maximum atomic E-state index is 9.86. The molecule has 1 unspecified atom stereocenters. The Labute approximate surface area is 91.4 Å². The molecule has 1 aliphatic heterocycles. The first-order valence-corrected chi connectivity index (χ1v) is 5.14. The minimum Gasteiger partial charge on any atom is -0.498 e. The van der Waals surface area contributed by atoms with Gasteiger partial charge < -0.3 is 9.84 Å². The quantitative estimate of drug-likeness (QED) is 0.679. The average Bonchev–Trinajstić information content (AvgIpc) is 2.22. The lowest BCUT2D eigenvalue weighted by molar-refractivity contribution is -0.132. The summed E-state index contributed by atoms with van der Waals surface area (Å²) in [6, 6.07) is 0. The molecule has 0 bridgehead atoms. The van der Waals surface area contributed by atoms with Crippen molar-refractivity contribution in [3.8, 4) is 0 Å². The van der Waals surface area contributed by atoms with Gasteiger partial charge in [-0.15, -0.1) is 0 Å². The van der Waals surface area contributed by atoms with Gasteiger partial charge in [-0.25, -0.2) is 4.79 Å².